The van der Waals surface area contributed by atoms with Gasteiger partial charge in [-0.2, -0.15) is 0 Å². The van der Waals surface area contributed by atoms with Crippen molar-refractivity contribution in [2.45, 2.75) is 27.2 Å². The monoisotopic (exact) mass is 180 g/mol. The van der Waals surface area contributed by atoms with Gasteiger partial charge in [-0.15, -0.1) is 0 Å². The molecule has 0 aromatic heterocycles. The number of hydrogen-bond acceptors (Lipinski definition) is 1. The second kappa shape index (κ2) is 6.23. The Kier molecular flexibility index (Phi) is 5.60. The van der Waals surface area contributed by atoms with Crippen molar-refractivity contribution >= 4 is 5.97 Å². The average Bonchev–Trinajstić information content (AvgIpc) is 2.11. The van der Waals surface area contributed by atoms with Gasteiger partial charge < -0.3 is 5.11 Å². The summed E-state index contributed by atoms with van der Waals surface area (Å²) in [5.74, 6) is -0.868. The molecule has 0 aliphatic carbocycles. The first-order valence-electron chi connectivity index (χ1n) is 4.35. The second-order valence-electron chi connectivity index (χ2n) is 2.75. The molecule has 0 aliphatic heterocycles. The normalized spacial score (nSPS) is 13.8. The summed E-state index contributed by atoms with van der Waals surface area (Å²) >= 11 is 0. The van der Waals surface area contributed by atoms with Crippen LogP contribution in [0.1, 0.15) is 27.2 Å². The third-order valence-electron chi connectivity index (χ3n) is 1.67. The maximum atomic E-state index is 10.4. The van der Waals surface area contributed by atoms with Crippen LogP contribution >= 0.6 is 0 Å². The van der Waals surface area contributed by atoms with Crippen LogP contribution in [0, 0.1) is 0 Å². The zero-order valence-corrected chi connectivity index (χ0v) is 8.37. The van der Waals surface area contributed by atoms with Gasteiger partial charge in [0.15, 0.2) is 0 Å². The van der Waals surface area contributed by atoms with Crippen LogP contribution < -0.4 is 0 Å². The molecular weight excluding hydrogens is 164 g/mol. The fraction of sp³-hybridized carbons (Fsp3) is 0.364. The first-order valence-corrected chi connectivity index (χ1v) is 4.35. The second-order valence-corrected chi connectivity index (χ2v) is 2.75. The Morgan fingerprint density at radius 3 is 2.38 bits per heavy atom. The van der Waals surface area contributed by atoms with Crippen LogP contribution in [-0.2, 0) is 4.79 Å². The third-order valence-corrected chi connectivity index (χ3v) is 1.67. The van der Waals surface area contributed by atoms with E-state index in [9.17, 15) is 4.79 Å². The topological polar surface area (TPSA) is 37.3 Å². The number of carboxylic acids is 1. The van der Waals surface area contributed by atoms with Gasteiger partial charge in [-0.05, 0) is 25.8 Å². The van der Waals surface area contributed by atoms with Crippen molar-refractivity contribution in [3.8, 4) is 0 Å². The molecule has 0 heterocycles. The van der Waals surface area contributed by atoms with E-state index in [1.807, 2.05) is 32.1 Å². The molecule has 0 aromatic carbocycles. The van der Waals surface area contributed by atoms with Gasteiger partial charge in [-0.1, -0.05) is 31.2 Å². The lowest BCUT2D eigenvalue weighted by Crippen LogP contribution is -1.94. The molecule has 1 N–H and O–H groups in total. The summed E-state index contributed by atoms with van der Waals surface area (Å²) in [5.41, 5.74) is 1.48. The Labute approximate surface area is 79.3 Å². The van der Waals surface area contributed by atoms with Gasteiger partial charge >= 0.3 is 5.97 Å². The van der Waals surface area contributed by atoms with E-state index in [1.54, 1.807) is 13.0 Å². The number of carbonyl (C=O) groups is 1. The van der Waals surface area contributed by atoms with Crippen LogP contribution in [0.25, 0.3) is 0 Å². The fourth-order valence-electron chi connectivity index (χ4n) is 0.809. The molecule has 0 saturated heterocycles. The molecule has 0 unspecified atom stereocenters. The zero-order chi connectivity index (χ0) is 10.3. The Balaban J connectivity index is 4.53. The van der Waals surface area contributed by atoms with Crippen LogP contribution in [-0.4, -0.2) is 11.1 Å². The highest BCUT2D eigenvalue weighted by Gasteiger charge is 1.96. The van der Waals surface area contributed by atoms with Gasteiger partial charge in [-0.25, -0.2) is 4.79 Å². The van der Waals surface area contributed by atoms with Crippen LogP contribution in [0.15, 0.2) is 35.5 Å². The molecule has 13 heavy (non-hydrogen) atoms. The van der Waals surface area contributed by atoms with Gasteiger partial charge in [0.05, 0.1) is 0 Å². The summed E-state index contributed by atoms with van der Waals surface area (Å²) in [6.07, 6.45) is 8.29. The molecule has 2 heteroatoms. The number of allylic oxidation sites excluding steroid dienone is 5. The molecule has 0 aliphatic rings. The molecule has 0 rings (SSSR count). The van der Waals surface area contributed by atoms with Crippen molar-refractivity contribution in [3.63, 3.8) is 0 Å². The fourth-order valence-corrected chi connectivity index (χ4v) is 0.809. The van der Waals surface area contributed by atoms with Gasteiger partial charge in [0, 0.05) is 5.57 Å². The number of hydrogen-bond donors (Lipinski definition) is 1. The van der Waals surface area contributed by atoms with Gasteiger partial charge in [-0.3, -0.25) is 0 Å². The van der Waals surface area contributed by atoms with E-state index in [1.165, 1.54) is 0 Å². The van der Waals surface area contributed by atoms with E-state index >= 15 is 0 Å². The highest BCUT2D eigenvalue weighted by atomic mass is 16.4. The number of aliphatic carboxylic acids is 1. The molecule has 0 amide bonds. The van der Waals surface area contributed by atoms with Crippen molar-refractivity contribution in [2.24, 2.45) is 0 Å². The molecule has 0 radical (unpaired) electrons. The number of carboxylic acid groups (broad SMARTS) is 1. The summed E-state index contributed by atoms with van der Waals surface area (Å²) in [6, 6.07) is 0. The Morgan fingerprint density at radius 2 is 2.00 bits per heavy atom. The van der Waals surface area contributed by atoms with Crippen molar-refractivity contribution in [1.29, 1.82) is 0 Å². The van der Waals surface area contributed by atoms with Crippen molar-refractivity contribution in [3.05, 3.63) is 35.5 Å². The molecule has 0 spiro atoms. The lowest BCUT2D eigenvalue weighted by Gasteiger charge is -1.94. The number of rotatable bonds is 4. The maximum Gasteiger partial charge on any atom is 0.331 e. The van der Waals surface area contributed by atoms with Crippen LogP contribution in [0.5, 0.6) is 0 Å². The van der Waals surface area contributed by atoms with Crippen LogP contribution in [0.2, 0.25) is 0 Å². The lowest BCUT2D eigenvalue weighted by molar-refractivity contribution is -0.132. The smallest absolute Gasteiger partial charge is 0.331 e. The van der Waals surface area contributed by atoms with Gasteiger partial charge in [0.2, 0.25) is 0 Å². The van der Waals surface area contributed by atoms with E-state index in [0.29, 0.717) is 5.57 Å². The largest absolute Gasteiger partial charge is 0.478 e. The summed E-state index contributed by atoms with van der Waals surface area (Å²) in [7, 11) is 0. The van der Waals surface area contributed by atoms with Gasteiger partial charge in [0.25, 0.3) is 0 Å². The third kappa shape index (κ3) is 5.01. The summed E-state index contributed by atoms with van der Waals surface area (Å²) < 4.78 is 0. The minimum absolute atomic E-state index is 0.357. The molecule has 0 fully saturated rings. The molecule has 0 bridgehead atoms. The Bertz CT molecular complexity index is 257. The average molecular weight is 180 g/mol. The van der Waals surface area contributed by atoms with Crippen LogP contribution in [0.3, 0.4) is 0 Å². The van der Waals surface area contributed by atoms with E-state index < -0.39 is 5.97 Å². The Hall–Kier alpha value is -1.31. The summed E-state index contributed by atoms with van der Waals surface area (Å²) in [6.45, 7) is 5.56. The van der Waals surface area contributed by atoms with E-state index in [4.69, 9.17) is 5.11 Å². The molecule has 0 atom stereocenters. The minimum Gasteiger partial charge on any atom is -0.478 e. The van der Waals surface area contributed by atoms with E-state index in [-0.39, 0.29) is 0 Å². The SMILES string of the molecule is C\C=C/C(=C\C=C(/C)C(=O)O)CC. The van der Waals surface area contributed by atoms with Crippen LogP contribution in [0.4, 0.5) is 0 Å². The first-order chi connectivity index (χ1) is 6.11. The summed E-state index contributed by atoms with van der Waals surface area (Å²) in [4.78, 5) is 10.4. The maximum absolute atomic E-state index is 10.4. The first kappa shape index (κ1) is 11.7. The van der Waals surface area contributed by atoms with E-state index in [2.05, 4.69) is 0 Å². The zero-order valence-electron chi connectivity index (χ0n) is 8.37. The van der Waals surface area contributed by atoms with E-state index in [0.717, 1.165) is 12.0 Å². The predicted octanol–water partition coefficient (Wildman–Crippen LogP) is 2.93. The molecule has 0 aromatic rings. The standard InChI is InChI=1S/C11H16O2/c1-4-6-10(5-2)8-7-9(3)11(12)13/h4,6-8H,5H2,1-3H3,(H,12,13)/b6-4-,9-7+,10-8-. The molecule has 72 valence electrons. The van der Waals surface area contributed by atoms with Crippen molar-refractivity contribution < 1.29 is 9.90 Å². The van der Waals surface area contributed by atoms with Gasteiger partial charge in [0.1, 0.15) is 0 Å². The summed E-state index contributed by atoms with van der Waals surface area (Å²) in [5, 5.41) is 8.58. The Morgan fingerprint density at radius 1 is 1.38 bits per heavy atom. The quantitative estimate of drug-likeness (QED) is 0.533. The molecule has 2 nitrogen and oxygen atoms in total. The molecule has 0 saturated carbocycles. The van der Waals surface area contributed by atoms with Crippen molar-refractivity contribution in [2.75, 3.05) is 0 Å². The highest BCUT2D eigenvalue weighted by Crippen LogP contribution is 2.04. The predicted molar refractivity (Wildman–Crippen MR) is 54.6 cm³/mol. The minimum atomic E-state index is -0.868. The van der Waals surface area contributed by atoms with Crippen molar-refractivity contribution in [1.82, 2.24) is 0 Å². The molecular formula is C11H16O2. The lowest BCUT2D eigenvalue weighted by atomic mass is 10.1. The highest BCUT2D eigenvalue weighted by molar-refractivity contribution is 5.86.